The summed E-state index contributed by atoms with van der Waals surface area (Å²) in [5.74, 6) is -0.906. The van der Waals surface area contributed by atoms with Crippen LogP contribution in [0.3, 0.4) is 0 Å². The Balaban J connectivity index is 2.16. The number of rotatable bonds is 2. The van der Waals surface area contributed by atoms with Crippen molar-refractivity contribution in [1.29, 1.82) is 0 Å². The molecule has 1 heterocycles. The standard InChI is InChI=1S/C11H12ClNO3/c12-8-4-2-1-3-7(8)9-5-16-6-10(13-9)11(14)15/h1-4,9-10,13H,5-6H2,(H,14,15). The average molecular weight is 242 g/mol. The molecule has 2 N–H and O–H groups in total. The van der Waals surface area contributed by atoms with Crippen LogP contribution in [0.2, 0.25) is 5.02 Å². The van der Waals surface area contributed by atoms with Gasteiger partial charge in [0, 0.05) is 5.02 Å². The third-order valence-electron chi connectivity index (χ3n) is 2.55. The molecule has 0 amide bonds. The average Bonchev–Trinajstić information content (AvgIpc) is 2.30. The van der Waals surface area contributed by atoms with E-state index in [1.165, 1.54) is 0 Å². The van der Waals surface area contributed by atoms with Gasteiger partial charge in [0.2, 0.25) is 0 Å². The van der Waals surface area contributed by atoms with Crippen molar-refractivity contribution in [2.75, 3.05) is 13.2 Å². The molecule has 1 aliphatic heterocycles. The SMILES string of the molecule is O=C(O)C1COCC(c2ccccc2Cl)N1. The second-order valence-corrected chi connectivity index (χ2v) is 4.08. The minimum atomic E-state index is -0.906. The molecule has 2 unspecified atom stereocenters. The molecule has 1 saturated heterocycles. The Morgan fingerprint density at radius 3 is 2.88 bits per heavy atom. The number of hydrogen-bond acceptors (Lipinski definition) is 3. The molecule has 1 aromatic carbocycles. The molecule has 0 radical (unpaired) electrons. The highest BCUT2D eigenvalue weighted by Gasteiger charge is 2.28. The molecular formula is C11H12ClNO3. The molecular weight excluding hydrogens is 230 g/mol. The monoisotopic (exact) mass is 241 g/mol. The van der Waals surface area contributed by atoms with Crippen molar-refractivity contribution in [3.63, 3.8) is 0 Å². The third-order valence-corrected chi connectivity index (χ3v) is 2.89. The van der Waals surface area contributed by atoms with Crippen LogP contribution in [-0.2, 0) is 9.53 Å². The highest BCUT2D eigenvalue weighted by Crippen LogP contribution is 2.25. The van der Waals surface area contributed by atoms with E-state index in [9.17, 15) is 4.79 Å². The van der Waals surface area contributed by atoms with Gasteiger partial charge in [0.05, 0.1) is 19.3 Å². The quantitative estimate of drug-likeness (QED) is 0.823. The van der Waals surface area contributed by atoms with Crippen LogP contribution < -0.4 is 5.32 Å². The van der Waals surface area contributed by atoms with Crippen LogP contribution >= 0.6 is 11.6 Å². The number of benzene rings is 1. The Morgan fingerprint density at radius 2 is 2.19 bits per heavy atom. The van der Waals surface area contributed by atoms with Gasteiger partial charge in [-0.3, -0.25) is 10.1 Å². The zero-order valence-corrected chi connectivity index (χ0v) is 9.28. The van der Waals surface area contributed by atoms with Gasteiger partial charge in [0.1, 0.15) is 6.04 Å². The third kappa shape index (κ3) is 2.35. The van der Waals surface area contributed by atoms with Crippen LogP contribution in [0.25, 0.3) is 0 Å². The summed E-state index contributed by atoms with van der Waals surface area (Å²) < 4.78 is 5.26. The van der Waals surface area contributed by atoms with Crippen molar-refractivity contribution in [2.45, 2.75) is 12.1 Å². The number of carbonyl (C=O) groups is 1. The molecule has 0 aromatic heterocycles. The van der Waals surface area contributed by atoms with Crippen LogP contribution in [0.1, 0.15) is 11.6 Å². The maximum Gasteiger partial charge on any atom is 0.323 e. The molecule has 0 aliphatic carbocycles. The van der Waals surface area contributed by atoms with E-state index in [0.29, 0.717) is 11.6 Å². The molecule has 1 fully saturated rings. The molecule has 1 aliphatic rings. The van der Waals surface area contributed by atoms with Crippen LogP contribution in [0.4, 0.5) is 0 Å². The number of nitrogens with one attached hydrogen (secondary N) is 1. The predicted octanol–water partition coefficient (Wildman–Crippen LogP) is 1.45. The Bertz CT molecular complexity index is 397. The lowest BCUT2D eigenvalue weighted by Gasteiger charge is -2.29. The number of carboxylic acids is 1. The topological polar surface area (TPSA) is 58.6 Å². The fourth-order valence-corrected chi connectivity index (χ4v) is 1.99. The lowest BCUT2D eigenvalue weighted by Crippen LogP contribution is -2.48. The van der Waals surface area contributed by atoms with E-state index >= 15 is 0 Å². The van der Waals surface area contributed by atoms with E-state index in [-0.39, 0.29) is 12.6 Å². The summed E-state index contributed by atoms with van der Waals surface area (Å²) in [6.45, 7) is 0.629. The maximum atomic E-state index is 10.8. The first kappa shape index (κ1) is 11.4. The smallest absolute Gasteiger partial charge is 0.323 e. The van der Waals surface area contributed by atoms with E-state index in [0.717, 1.165) is 5.56 Å². The van der Waals surface area contributed by atoms with Gasteiger partial charge >= 0.3 is 5.97 Å². The zero-order chi connectivity index (χ0) is 11.5. The van der Waals surface area contributed by atoms with Gasteiger partial charge in [0.15, 0.2) is 0 Å². The largest absolute Gasteiger partial charge is 0.480 e. The Kier molecular flexibility index (Phi) is 3.43. The summed E-state index contributed by atoms with van der Waals surface area (Å²) in [4.78, 5) is 10.8. The minimum Gasteiger partial charge on any atom is -0.480 e. The predicted molar refractivity (Wildman–Crippen MR) is 59.6 cm³/mol. The van der Waals surface area contributed by atoms with E-state index < -0.39 is 12.0 Å². The van der Waals surface area contributed by atoms with Gasteiger partial charge in [0.25, 0.3) is 0 Å². The first-order valence-electron chi connectivity index (χ1n) is 4.99. The van der Waals surface area contributed by atoms with Gasteiger partial charge < -0.3 is 9.84 Å². The van der Waals surface area contributed by atoms with E-state index in [1.807, 2.05) is 18.2 Å². The molecule has 2 atom stereocenters. The van der Waals surface area contributed by atoms with Crippen molar-refractivity contribution in [2.24, 2.45) is 0 Å². The number of hydrogen-bond donors (Lipinski definition) is 2. The number of morpholine rings is 1. The summed E-state index contributed by atoms with van der Waals surface area (Å²) >= 11 is 6.04. The lowest BCUT2D eigenvalue weighted by molar-refractivity contribution is -0.143. The molecule has 2 rings (SSSR count). The van der Waals surface area contributed by atoms with Crippen LogP contribution in [0.5, 0.6) is 0 Å². The van der Waals surface area contributed by atoms with E-state index in [1.54, 1.807) is 6.07 Å². The van der Waals surface area contributed by atoms with Gasteiger partial charge in [-0.2, -0.15) is 0 Å². The summed E-state index contributed by atoms with van der Waals surface area (Å²) in [6.07, 6.45) is 0. The fourth-order valence-electron chi connectivity index (χ4n) is 1.72. The molecule has 86 valence electrons. The van der Waals surface area contributed by atoms with E-state index in [2.05, 4.69) is 5.32 Å². The highest BCUT2D eigenvalue weighted by molar-refractivity contribution is 6.31. The molecule has 1 aromatic rings. The van der Waals surface area contributed by atoms with Crippen molar-refractivity contribution in [3.05, 3.63) is 34.9 Å². The van der Waals surface area contributed by atoms with Crippen molar-refractivity contribution >= 4 is 17.6 Å². The summed E-state index contributed by atoms with van der Waals surface area (Å²) in [7, 11) is 0. The van der Waals surface area contributed by atoms with Gasteiger partial charge in [-0.15, -0.1) is 0 Å². The molecule has 4 nitrogen and oxygen atoms in total. The van der Waals surface area contributed by atoms with Crippen molar-refractivity contribution in [1.82, 2.24) is 5.32 Å². The van der Waals surface area contributed by atoms with Gasteiger partial charge in [-0.05, 0) is 11.6 Å². The molecule has 5 heteroatoms. The minimum absolute atomic E-state index is 0.163. The van der Waals surface area contributed by atoms with E-state index in [4.69, 9.17) is 21.4 Å². The maximum absolute atomic E-state index is 10.8. The lowest BCUT2D eigenvalue weighted by atomic mass is 10.1. The van der Waals surface area contributed by atoms with Crippen LogP contribution in [0.15, 0.2) is 24.3 Å². The Labute approximate surface area is 98.2 Å². The molecule has 16 heavy (non-hydrogen) atoms. The normalized spacial score (nSPS) is 25.3. The Morgan fingerprint density at radius 1 is 1.44 bits per heavy atom. The highest BCUT2D eigenvalue weighted by atomic mass is 35.5. The first-order valence-corrected chi connectivity index (χ1v) is 5.37. The molecule has 0 bridgehead atoms. The van der Waals surface area contributed by atoms with Crippen LogP contribution in [-0.4, -0.2) is 30.3 Å². The first-order chi connectivity index (χ1) is 7.68. The number of halogens is 1. The van der Waals surface area contributed by atoms with Gasteiger partial charge in [-0.1, -0.05) is 29.8 Å². The number of carboxylic acid groups (broad SMARTS) is 1. The Hall–Kier alpha value is -1.10. The summed E-state index contributed by atoms with van der Waals surface area (Å²) in [5.41, 5.74) is 0.870. The fraction of sp³-hybridized carbons (Fsp3) is 0.364. The number of ether oxygens (including phenoxy) is 1. The molecule has 0 saturated carbocycles. The van der Waals surface area contributed by atoms with Gasteiger partial charge in [-0.25, -0.2) is 0 Å². The second-order valence-electron chi connectivity index (χ2n) is 3.67. The van der Waals surface area contributed by atoms with Crippen molar-refractivity contribution in [3.8, 4) is 0 Å². The van der Waals surface area contributed by atoms with Crippen LogP contribution in [0, 0.1) is 0 Å². The second kappa shape index (κ2) is 4.82. The van der Waals surface area contributed by atoms with Crippen molar-refractivity contribution < 1.29 is 14.6 Å². The summed E-state index contributed by atoms with van der Waals surface area (Å²) in [6, 6.07) is 6.52. The number of aliphatic carboxylic acids is 1. The zero-order valence-electron chi connectivity index (χ0n) is 8.52. The molecule has 0 spiro atoms. The summed E-state index contributed by atoms with van der Waals surface area (Å²) in [5, 5.41) is 12.5.